The summed E-state index contributed by atoms with van der Waals surface area (Å²) in [7, 11) is 0. The SMILES string of the molecule is O=C(NCCc1ccccc1)N1CCOc2ccc(CN3CCCC3)cc2C1. The second-order valence-corrected chi connectivity index (χ2v) is 7.66. The van der Waals surface area contributed by atoms with Crippen LogP contribution in [0.5, 0.6) is 5.75 Å². The van der Waals surface area contributed by atoms with E-state index in [0.717, 1.165) is 24.3 Å². The molecule has 0 bridgehead atoms. The van der Waals surface area contributed by atoms with Crippen LogP contribution in [-0.2, 0) is 19.5 Å². The highest BCUT2D eigenvalue weighted by molar-refractivity contribution is 5.74. The Labute approximate surface area is 167 Å². The summed E-state index contributed by atoms with van der Waals surface area (Å²) in [6, 6.07) is 16.7. The lowest BCUT2D eigenvalue weighted by Gasteiger charge is -2.21. The molecule has 5 heteroatoms. The van der Waals surface area contributed by atoms with E-state index in [0.29, 0.717) is 26.2 Å². The second kappa shape index (κ2) is 9.11. The first-order chi connectivity index (χ1) is 13.8. The van der Waals surface area contributed by atoms with Crippen molar-refractivity contribution in [2.45, 2.75) is 32.4 Å². The van der Waals surface area contributed by atoms with Crippen LogP contribution in [0.2, 0.25) is 0 Å². The van der Waals surface area contributed by atoms with Gasteiger partial charge in [-0.05, 0) is 55.6 Å². The first-order valence-corrected chi connectivity index (χ1v) is 10.3. The van der Waals surface area contributed by atoms with Crippen LogP contribution in [0.4, 0.5) is 4.79 Å². The minimum Gasteiger partial charge on any atom is -0.491 e. The minimum absolute atomic E-state index is 0.0164. The third kappa shape index (κ3) is 4.84. The third-order valence-corrected chi connectivity index (χ3v) is 5.53. The summed E-state index contributed by atoms with van der Waals surface area (Å²) >= 11 is 0. The van der Waals surface area contributed by atoms with E-state index in [-0.39, 0.29) is 6.03 Å². The van der Waals surface area contributed by atoms with Gasteiger partial charge in [-0.25, -0.2) is 4.79 Å². The molecule has 28 heavy (non-hydrogen) atoms. The first kappa shape index (κ1) is 18.8. The maximum atomic E-state index is 12.7. The molecule has 2 heterocycles. The van der Waals surface area contributed by atoms with Crippen LogP contribution in [0.1, 0.15) is 29.5 Å². The van der Waals surface area contributed by atoms with E-state index in [9.17, 15) is 4.79 Å². The summed E-state index contributed by atoms with van der Waals surface area (Å²) in [6.07, 6.45) is 3.43. The highest BCUT2D eigenvalue weighted by Crippen LogP contribution is 2.25. The number of benzene rings is 2. The number of likely N-dealkylation sites (tertiary alicyclic amines) is 1. The van der Waals surface area contributed by atoms with Gasteiger partial charge in [0.15, 0.2) is 0 Å². The van der Waals surface area contributed by atoms with E-state index in [1.807, 2.05) is 23.1 Å². The summed E-state index contributed by atoms with van der Waals surface area (Å²) < 4.78 is 5.89. The normalized spacial score (nSPS) is 16.9. The summed E-state index contributed by atoms with van der Waals surface area (Å²) in [5.74, 6) is 0.907. The predicted molar refractivity (Wildman–Crippen MR) is 110 cm³/mol. The Morgan fingerprint density at radius 3 is 2.64 bits per heavy atom. The van der Waals surface area contributed by atoms with Crippen molar-refractivity contribution < 1.29 is 9.53 Å². The van der Waals surface area contributed by atoms with Gasteiger partial charge in [0.1, 0.15) is 12.4 Å². The summed E-state index contributed by atoms with van der Waals surface area (Å²) in [6.45, 7) is 5.73. The lowest BCUT2D eigenvalue weighted by molar-refractivity contribution is 0.188. The lowest BCUT2D eigenvalue weighted by atomic mass is 10.1. The van der Waals surface area contributed by atoms with Crippen molar-refractivity contribution in [3.05, 3.63) is 65.2 Å². The molecule has 0 aliphatic carbocycles. The number of carbonyl (C=O) groups excluding carboxylic acids is 1. The molecule has 2 aliphatic rings. The van der Waals surface area contributed by atoms with Gasteiger partial charge in [0.25, 0.3) is 0 Å². The van der Waals surface area contributed by atoms with Crippen molar-refractivity contribution in [1.29, 1.82) is 0 Å². The van der Waals surface area contributed by atoms with Crippen LogP contribution in [0.3, 0.4) is 0 Å². The fraction of sp³-hybridized carbons (Fsp3) is 0.435. The highest BCUT2D eigenvalue weighted by Gasteiger charge is 2.20. The van der Waals surface area contributed by atoms with Gasteiger partial charge in [-0.15, -0.1) is 0 Å². The van der Waals surface area contributed by atoms with Gasteiger partial charge in [-0.2, -0.15) is 0 Å². The Kier molecular flexibility index (Phi) is 6.12. The zero-order chi connectivity index (χ0) is 19.2. The fourth-order valence-electron chi connectivity index (χ4n) is 3.99. The summed E-state index contributed by atoms with van der Waals surface area (Å²) in [5, 5.41) is 3.06. The van der Waals surface area contributed by atoms with Crippen LogP contribution < -0.4 is 10.1 Å². The van der Waals surface area contributed by atoms with Gasteiger partial charge in [0.2, 0.25) is 0 Å². The van der Waals surface area contributed by atoms with E-state index in [2.05, 4.69) is 40.5 Å². The molecule has 0 radical (unpaired) electrons. The Morgan fingerprint density at radius 2 is 1.82 bits per heavy atom. The average molecular weight is 380 g/mol. The fourth-order valence-corrected chi connectivity index (χ4v) is 3.99. The number of ether oxygens (including phenoxy) is 1. The standard InChI is InChI=1S/C23H29N3O2/c27-23(24-11-10-19-6-2-1-3-7-19)26-14-15-28-22-9-8-20(16-21(22)18-26)17-25-12-4-5-13-25/h1-3,6-9,16H,4-5,10-15,17-18H2,(H,24,27). The van der Waals surface area contributed by atoms with Gasteiger partial charge in [0.05, 0.1) is 13.1 Å². The number of rotatable bonds is 5. The molecule has 5 nitrogen and oxygen atoms in total. The smallest absolute Gasteiger partial charge is 0.317 e. The molecule has 2 amide bonds. The average Bonchev–Trinajstić information content (AvgIpc) is 3.13. The van der Waals surface area contributed by atoms with Crippen LogP contribution in [0, 0.1) is 0 Å². The number of fused-ring (bicyclic) bond motifs is 1. The molecule has 2 aromatic carbocycles. The van der Waals surface area contributed by atoms with Gasteiger partial charge >= 0.3 is 6.03 Å². The van der Waals surface area contributed by atoms with Crippen molar-refractivity contribution in [2.24, 2.45) is 0 Å². The molecule has 0 aromatic heterocycles. The topological polar surface area (TPSA) is 44.8 Å². The number of hydrogen-bond acceptors (Lipinski definition) is 3. The summed E-state index contributed by atoms with van der Waals surface area (Å²) in [4.78, 5) is 17.0. The van der Waals surface area contributed by atoms with Crippen molar-refractivity contribution in [1.82, 2.24) is 15.1 Å². The molecule has 0 atom stereocenters. The Morgan fingerprint density at radius 1 is 1.00 bits per heavy atom. The quantitative estimate of drug-likeness (QED) is 0.866. The van der Waals surface area contributed by atoms with Gasteiger partial charge in [-0.3, -0.25) is 4.90 Å². The molecule has 148 valence electrons. The Hall–Kier alpha value is -2.53. The van der Waals surface area contributed by atoms with Crippen LogP contribution >= 0.6 is 0 Å². The predicted octanol–water partition coefficient (Wildman–Crippen LogP) is 3.43. The zero-order valence-corrected chi connectivity index (χ0v) is 16.4. The molecule has 2 aromatic rings. The number of carbonyl (C=O) groups is 1. The number of nitrogens with zero attached hydrogens (tertiary/aromatic N) is 2. The van der Waals surface area contributed by atoms with Crippen molar-refractivity contribution in [3.8, 4) is 5.75 Å². The molecule has 1 N–H and O–H groups in total. The molecule has 0 saturated carbocycles. The molecular formula is C23H29N3O2. The van der Waals surface area contributed by atoms with Crippen LogP contribution in [0.15, 0.2) is 48.5 Å². The molecule has 0 unspecified atom stereocenters. The monoisotopic (exact) mass is 379 g/mol. The molecular weight excluding hydrogens is 350 g/mol. The van der Waals surface area contributed by atoms with Crippen molar-refractivity contribution >= 4 is 6.03 Å². The largest absolute Gasteiger partial charge is 0.491 e. The Bertz CT molecular complexity index is 788. The van der Waals surface area contributed by atoms with Gasteiger partial charge in [-0.1, -0.05) is 36.4 Å². The zero-order valence-electron chi connectivity index (χ0n) is 16.4. The van der Waals surface area contributed by atoms with Gasteiger partial charge < -0.3 is 15.0 Å². The summed E-state index contributed by atoms with van der Waals surface area (Å²) in [5.41, 5.74) is 3.64. The molecule has 4 rings (SSSR count). The number of hydrogen-bond donors (Lipinski definition) is 1. The van der Waals surface area contributed by atoms with E-state index in [1.165, 1.54) is 37.1 Å². The highest BCUT2D eigenvalue weighted by atomic mass is 16.5. The van der Waals surface area contributed by atoms with E-state index in [1.54, 1.807) is 0 Å². The Balaban J connectivity index is 1.35. The molecule has 0 spiro atoms. The molecule has 2 aliphatic heterocycles. The second-order valence-electron chi connectivity index (χ2n) is 7.66. The van der Waals surface area contributed by atoms with E-state index < -0.39 is 0 Å². The number of urea groups is 1. The van der Waals surface area contributed by atoms with Crippen molar-refractivity contribution in [2.75, 3.05) is 32.8 Å². The van der Waals surface area contributed by atoms with E-state index >= 15 is 0 Å². The first-order valence-electron chi connectivity index (χ1n) is 10.3. The van der Waals surface area contributed by atoms with Crippen LogP contribution in [-0.4, -0.2) is 48.6 Å². The van der Waals surface area contributed by atoms with Crippen molar-refractivity contribution in [3.63, 3.8) is 0 Å². The minimum atomic E-state index is -0.0164. The number of nitrogens with one attached hydrogen (secondary N) is 1. The maximum absolute atomic E-state index is 12.7. The maximum Gasteiger partial charge on any atom is 0.317 e. The molecule has 1 saturated heterocycles. The van der Waals surface area contributed by atoms with Crippen LogP contribution in [0.25, 0.3) is 0 Å². The lowest BCUT2D eigenvalue weighted by Crippen LogP contribution is -2.41. The molecule has 1 fully saturated rings. The number of amides is 2. The van der Waals surface area contributed by atoms with E-state index in [4.69, 9.17) is 4.74 Å². The third-order valence-electron chi connectivity index (χ3n) is 5.53. The van der Waals surface area contributed by atoms with Gasteiger partial charge in [0, 0.05) is 18.7 Å².